The fourth-order valence-corrected chi connectivity index (χ4v) is 3.19. The van der Waals surface area contributed by atoms with Gasteiger partial charge in [-0.1, -0.05) is 13.0 Å². The van der Waals surface area contributed by atoms with E-state index in [-0.39, 0.29) is 18.7 Å². The maximum Gasteiger partial charge on any atom is 0.337 e. The van der Waals surface area contributed by atoms with E-state index in [4.69, 9.17) is 14.2 Å². The number of ether oxygens (including phenoxy) is 3. The third-order valence-electron chi connectivity index (χ3n) is 4.51. The molecule has 154 valence electrons. The van der Waals surface area contributed by atoms with Crippen LogP contribution in [0.15, 0.2) is 29.5 Å². The summed E-state index contributed by atoms with van der Waals surface area (Å²) in [7, 11) is 5.13. The number of urea groups is 1. The first kappa shape index (κ1) is 21.6. The second-order valence-electron chi connectivity index (χ2n) is 6.52. The summed E-state index contributed by atoms with van der Waals surface area (Å²) >= 11 is 0. The second kappa shape index (κ2) is 9.98. The molecule has 0 unspecified atom stereocenters. The lowest BCUT2D eigenvalue weighted by Crippen LogP contribution is -2.51. The number of esters is 1. The monoisotopic (exact) mass is 391 g/mol. The summed E-state index contributed by atoms with van der Waals surface area (Å²) in [6.07, 6.45) is 0.598. The summed E-state index contributed by atoms with van der Waals surface area (Å²) in [6, 6.07) is 4.95. The van der Waals surface area contributed by atoms with Crippen LogP contribution in [0.4, 0.5) is 4.79 Å². The molecule has 28 heavy (non-hydrogen) atoms. The summed E-state index contributed by atoms with van der Waals surface area (Å²) in [5, 5.41) is 5.55. The van der Waals surface area contributed by atoms with Crippen LogP contribution < -0.4 is 20.1 Å². The largest absolute Gasteiger partial charge is 0.497 e. The van der Waals surface area contributed by atoms with Crippen LogP contribution in [0.5, 0.6) is 11.5 Å². The standard InChI is InChI=1S/C20H29N3O5/c1-6-15-18(19(24)28-7-2)16(22-20(25)21-15)12-23(3)11-13-8-9-14(26-4)10-17(13)27-5/h8-10,15H,6-7,11-12H2,1-5H3,(H2,21,22,25)/t15-/m1/s1. The van der Waals surface area contributed by atoms with Crippen molar-refractivity contribution in [1.29, 1.82) is 0 Å². The lowest BCUT2D eigenvalue weighted by atomic mass is 10.00. The molecule has 1 aromatic carbocycles. The van der Waals surface area contributed by atoms with E-state index in [1.165, 1.54) is 0 Å². The predicted molar refractivity (Wildman–Crippen MR) is 105 cm³/mol. The average molecular weight is 391 g/mol. The summed E-state index contributed by atoms with van der Waals surface area (Å²) in [4.78, 5) is 26.5. The van der Waals surface area contributed by atoms with Crippen molar-refractivity contribution in [2.24, 2.45) is 0 Å². The number of benzene rings is 1. The van der Waals surface area contributed by atoms with Crippen molar-refractivity contribution >= 4 is 12.0 Å². The summed E-state index contributed by atoms with van der Waals surface area (Å²) in [5.41, 5.74) is 2.00. The van der Waals surface area contributed by atoms with E-state index in [0.29, 0.717) is 42.3 Å². The van der Waals surface area contributed by atoms with Gasteiger partial charge in [0.15, 0.2) is 0 Å². The molecule has 1 aliphatic heterocycles. The predicted octanol–water partition coefficient (Wildman–Crippen LogP) is 2.04. The molecule has 1 aromatic rings. The number of hydrogen-bond acceptors (Lipinski definition) is 6. The molecule has 1 heterocycles. The molecule has 0 aromatic heterocycles. The van der Waals surface area contributed by atoms with Gasteiger partial charge in [-0.05, 0) is 26.5 Å². The van der Waals surface area contributed by atoms with Gasteiger partial charge in [0, 0.05) is 30.4 Å². The number of amides is 2. The maximum atomic E-state index is 12.5. The quantitative estimate of drug-likeness (QED) is 0.627. The fourth-order valence-electron chi connectivity index (χ4n) is 3.19. The highest BCUT2D eigenvalue weighted by Gasteiger charge is 2.31. The van der Waals surface area contributed by atoms with Gasteiger partial charge in [0.1, 0.15) is 11.5 Å². The van der Waals surface area contributed by atoms with Crippen molar-refractivity contribution in [3.8, 4) is 11.5 Å². The Morgan fingerprint density at radius 2 is 1.93 bits per heavy atom. The molecule has 2 N–H and O–H groups in total. The Morgan fingerprint density at radius 3 is 2.54 bits per heavy atom. The Kier molecular flexibility index (Phi) is 7.69. The van der Waals surface area contributed by atoms with Crippen molar-refractivity contribution in [3.63, 3.8) is 0 Å². The molecule has 0 saturated heterocycles. The number of hydrogen-bond donors (Lipinski definition) is 2. The number of nitrogens with zero attached hydrogens (tertiary/aromatic N) is 1. The zero-order chi connectivity index (χ0) is 20.7. The van der Waals surface area contributed by atoms with Crippen LogP contribution in [0.3, 0.4) is 0 Å². The van der Waals surface area contributed by atoms with E-state index in [2.05, 4.69) is 10.6 Å². The maximum absolute atomic E-state index is 12.5. The smallest absolute Gasteiger partial charge is 0.337 e. The van der Waals surface area contributed by atoms with Crippen LogP contribution in [0, 0.1) is 0 Å². The molecule has 0 radical (unpaired) electrons. The molecular weight excluding hydrogens is 362 g/mol. The third-order valence-corrected chi connectivity index (χ3v) is 4.51. The molecule has 0 aliphatic carbocycles. The minimum atomic E-state index is -0.410. The van der Waals surface area contributed by atoms with Gasteiger partial charge in [0.05, 0.1) is 32.4 Å². The van der Waals surface area contributed by atoms with E-state index >= 15 is 0 Å². The number of carbonyl (C=O) groups is 2. The second-order valence-corrected chi connectivity index (χ2v) is 6.52. The van der Waals surface area contributed by atoms with Crippen LogP contribution >= 0.6 is 0 Å². The molecule has 8 heteroatoms. The minimum absolute atomic E-state index is 0.277. The lowest BCUT2D eigenvalue weighted by molar-refractivity contribution is -0.139. The van der Waals surface area contributed by atoms with Crippen LogP contribution in [-0.4, -0.2) is 57.4 Å². The van der Waals surface area contributed by atoms with E-state index in [9.17, 15) is 9.59 Å². The Labute approximate surface area is 165 Å². The van der Waals surface area contributed by atoms with Gasteiger partial charge in [0.2, 0.25) is 0 Å². The molecular formula is C20H29N3O5. The molecule has 0 spiro atoms. The molecule has 2 rings (SSSR count). The van der Waals surface area contributed by atoms with Gasteiger partial charge in [-0.25, -0.2) is 9.59 Å². The van der Waals surface area contributed by atoms with Crippen molar-refractivity contribution in [2.75, 3.05) is 34.4 Å². The normalized spacial score (nSPS) is 16.5. The van der Waals surface area contributed by atoms with Gasteiger partial charge in [0.25, 0.3) is 0 Å². The topological polar surface area (TPSA) is 89.1 Å². The fraction of sp³-hybridized carbons (Fsp3) is 0.500. The highest BCUT2D eigenvalue weighted by molar-refractivity contribution is 5.94. The van der Waals surface area contributed by atoms with E-state index in [1.807, 2.05) is 37.1 Å². The van der Waals surface area contributed by atoms with Crippen molar-refractivity contribution in [3.05, 3.63) is 35.0 Å². The lowest BCUT2D eigenvalue weighted by Gasteiger charge is -2.30. The zero-order valence-electron chi connectivity index (χ0n) is 17.1. The van der Waals surface area contributed by atoms with Crippen LogP contribution in [0.1, 0.15) is 25.8 Å². The highest BCUT2D eigenvalue weighted by atomic mass is 16.5. The molecule has 0 fully saturated rings. The average Bonchev–Trinajstić information content (AvgIpc) is 2.67. The van der Waals surface area contributed by atoms with Gasteiger partial charge in [-0.3, -0.25) is 4.90 Å². The van der Waals surface area contributed by atoms with Gasteiger partial charge < -0.3 is 24.8 Å². The first-order valence-corrected chi connectivity index (χ1v) is 9.30. The summed E-state index contributed by atoms with van der Waals surface area (Å²) in [5.74, 6) is 1.02. The molecule has 1 aliphatic rings. The first-order chi connectivity index (χ1) is 13.4. The number of rotatable bonds is 9. The highest BCUT2D eigenvalue weighted by Crippen LogP contribution is 2.26. The summed E-state index contributed by atoms with van der Waals surface area (Å²) in [6.45, 7) is 4.90. The van der Waals surface area contributed by atoms with E-state index in [0.717, 1.165) is 5.56 Å². The van der Waals surface area contributed by atoms with Gasteiger partial charge >= 0.3 is 12.0 Å². The van der Waals surface area contributed by atoms with E-state index < -0.39 is 5.97 Å². The van der Waals surface area contributed by atoms with Crippen LogP contribution in [0.25, 0.3) is 0 Å². The van der Waals surface area contributed by atoms with Gasteiger partial charge in [-0.2, -0.15) is 0 Å². The zero-order valence-corrected chi connectivity index (χ0v) is 17.1. The first-order valence-electron chi connectivity index (χ1n) is 9.30. The van der Waals surface area contributed by atoms with Crippen molar-refractivity contribution in [1.82, 2.24) is 15.5 Å². The van der Waals surface area contributed by atoms with Crippen molar-refractivity contribution in [2.45, 2.75) is 32.9 Å². The number of nitrogens with one attached hydrogen (secondary N) is 2. The molecule has 2 amide bonds. The number of methoxy groups -OCH3 is 2. The Hall–Kier alpha value is -2.74. The molecule has 1 atom stereocenters. The molecule has 8 nitrogen and oxygen atoms in total. The minimum Gasteiger partial charge on any atom is -0.497 e. The van der Waals surface area contributed by atoms with E-state index in [1.54, 1.807) is 21.1 Å². The number of carbonyl (C=O) groups excluding carboxylic acids is 2. The third kappa shape index (κ3) is 5.16. The molecule has 0 bridgehead atoms. The Balaban J connectivity index is 2.24. The Morgan fingerprint density at radius 1 is 1.18 bits per heavy atom. The van der Waals surface area contributed by atoms with Crippen molar-refractivity contribution < 1.29 is 23.8 Å². The summed E-state index contributed by atoms with van der Waals surface area (Å²) < 4.78 is 15.9. The van der Waals surface area contributed by atoms with Crippen LogP contribution in [0.2, 0.25) is 0 Å². The molecule has 0 saturated carbocycles. The van der Waals surface area contributed by atoms with Gasteiger partial charge in [-0.15, -0.1) is 0 Å². The van der Waals surface area contributed by atoms with Crippen LogP contribution in [-0.2, 0) is 16.1 Å². The SMILES string of the molecule is CCOC(=O)C1=C(CN(C)Cc2ccc(OC)cc2OC)NC(=O)N[C@@H]1CC. The number of likely N-dealkylation sites (N-methyl/N-ethyl adjacent to an activating group) is 1. The Bertz CT molecular complexity index is 747.